The molecule has 1 rings (SSSR count). The maximum atomic E-state index is 12.4. The van der Waals surface area contributed by atoms with E-state index in [1.807, 2.05) is 0 Å². The lowest BCUT2D eigenvalue weighted by Gasteiger charge is -2.32. The Morgan fingerprint density at radius 3 is 2.85 bits per heavy atom. The zero-order chi connectivity index (χ0) is 9.68. The molecule has 1 atom stereocenters. The standard InChI is InChI=1S/C9H18F2N2/c10-9(11)8-3-1-5-13(7-8)6-2-4-12/h8-9H,1-7,12H2/t8-/m1/s1. The summed E-state index contributed by atoms with van der Waals surface area (Å²) >= 11 is 0. The smallest absolute Gasteiger partial charge is 0.242 e. The molecule has 2 N–H and O–H groups in total. The number of nitrogens with zero attached hydrogens (tertiary/aromatic N) is 1. The molecule has 1 fully saturated rings. The summed E-state index contributed by atoms with van der Waals surface area (Å²) in [6.45, 7) is 3.04. The highest BCUT2D eigenvalue weighted by Crippen LogP contribution is 2.22. The van der Waals surface area contributed by atoms with Crippen LogP contribution >= 0.6 is 0 Å². The average molecular weight is 192 g/mol. The summed E-state index contributed by atoms with van der Waals surface area (Å²) in [7, 11) is 0. The molecular weight excluding hydrogens is 174 g/mol. The van der Waals surface area contributed by atoms with Crippen molar-refractivity contribution in [3.05, 3.63) is 0 Å². The quantitative estimate of drug-likeness (QED) is 0.727. The van der Waals surface area contributed by atoms with Crippen LogP contribution in [0.1, 0.15) is 19.3 Å². The normalized spacial score (nSPS) is 25.4. The van der Waals surface area contributed by atoms with Crippen molar-refractivity contribution in [3.8, 4) is 0 Å². The molecule has 0 radical (unpaired) electrons. The minimum absolute atomic E-state index is 0.411. The van der Waals surface area contributed by atoms with Gasteiger partial charge in [-0.3, -0.25) is 0 Å². The molecule has 4 heteroatoms. The van der Waals surface area contributed by atoms with Crippen molar-refractivity contribution in [2.24, 2.45) is 11.7 Å². The van der Waals surface area contributed by atoms with Gasteiger partial charge in [0.25, 0.3) is 0 Å². The second-order valence-electron chi connectivity index (χ2n) is 3.68. The Hall–Kier alpha value is -0.220. The lowest BCUT2D eigenvalue weighted by Crippen LogP contribution is -2.39. The minimum Gasteiger partial charge on any atom is -0.330 e. The lowest BCUT2D eigenvalue weighted by atomic mass is 9.98. The Labute approximate surface area is 78.1 Å². The van der Waals surface area contributed by atoms with Crippen molar-refractivity contribution >= 4 is 0 Å². The van der Waals surface area contributed by atoms with Crippen LogP contribution < -0.4 is 5.73 Å². The Morgan fingerprint density at radius 1 is 1.46 bits per heavy atom. The number of likely N-dealkylation sites (tertiary alicyclic amines) is 1. The number of alkyl halides is 2. The largest absolute Gasteiger partial charge is 0.330 e. The zero-order valence-electron chi connectivity index (χ0n) is 7.88. The van der Waals surface area contributed by atoms with Gasteiger partial charge in [0.15, 0.2) is 0 Å². The van der Waals surface area contributed by atoms with Crippen LogP contribution in [0.3, 0.4) is 0 Å². The van der Waals surface area contributed by atoms with Crippen LogP contribution in [0.4, 0.5) is 8.78 Å². The van der Waals surface area contributed by atoms with Crippen LogP contribution in [0.5, 0.6) is 0 Å². The van der Waals surface area contributed by atoms with Crippen molar-refractivity contribution < 1.29 is 8.78 Å². The van der Waals surface area contributed by atoms with E-state index in [2.05, 4.69) is 4.90 Å². The third-order valence-corrected chi connectivity index (χ3v) is 2.58. The fourth-order valence-corrected chi connectivity index (χ4v) is 1.81. The van der Waals surface area contributed by atoms with Crippen LogP contribution in [0.25, 0.3) is 0 Å². The molecule has 1 aliphatic rings. The van der Waals surface area contributed by atoms with E-state index in [1.54, 1.807) is 0 Å². The van der Waals surface area contributed by atoms with E-state index in [1.165, 1.54) is 0 Å². The minimum atomic E-state index is -2.15. The predicted molar refractivity (Wildman–Crippen MR) is 48.8 cm³/mol. The number of halogens is 2. The molecule has 0 aromatic heterocycles. The van der Waals surface area contributed by atoms with Gasteiger partial charge in [0.05, 0.1) is 0 Å². The van der Waals surface area contributed by atoms with E-state index in [0.29, 0.717) is 19.5 Å². The van der Waals surface area contributed by atoms with Crippen molar-refractivity contribution in [1.29, 1.82) is 0 Å². The second-order valence-corrected chi connectivity index (χ2v) is 3.68. The Bertz CT molecular complexity index is 142. The Balaban J connectivity index is 2.25. The zero-order valence-corrected chi connectivity index (χ0v) is 7.88. The van der Waals surface area contributed by atoms with E-state index in [4.69, 9.17) is 5.73 Å². The number of hydrogen-bond donors (Lipinski definition) is 1. The van der Waals surface area contributed by atoms with E-state index >= 15 is 0 Å². The molecule has 1 heterocycles. The topological polar surface area (TPSA) is 29.3 Å². The van der Waals surface area contributed by atoms with Crippen molar-refractivity contribution in [2.75, 3.05) is 26.2 Å². The van der Waals surface area contributed by atoms with E-state index in [-0.39, 0.29) is 0 Å². The van der Waals surface area contributed by atoms with Crippen molar-refractivity contribution in [3.63, 3.8) is 0 Å². The molecule has 0 aromatic carbocycles. The van der Waals surface area contributed by atoms with Crippen LogP contribution in [0, 0.1) is 5.92 Å². The van der Waals surface area contributed by atoms with Crippen molar-refractivity contribution in [2.45, 2.75) is 25.7 Å². The molecule has 0 aromatic rings. The van der Waals surface area contributed by atoms with Crippen molar-refractivity contribution in [1.82, 2.24) is 4.90 Å². The first-order valence-electron chi connectivity index (χ1n) is 4.94. The van der Waals surface area contributed by atoms with Crippen LogP contribution in [0.2, 0.25) is 0 Å². The monoisotopic (exact) mass is 192 g/mol. The van der Waals surface area contributed by atoms with Gasteiger partial charge in [-0.15, -0.1) is 0 Å². The Morgan fingerprint density at radius 2 is 2.23 bits per heavy atom. The van der Waals surface area contributed by atoms with Crippen LogP contribution in [-0.2, 0) is 0 Å². The number of rotatable bonds is 4. The first kappa shape index (κ1) is 10.9. The summed E-state index contributed by atoms with van der Waals surface area (Å²) < 4.78 is 24.7. The average Bonchev–Trinajstić information content (AvgIpc) is 2.15. The fraction of sp³-hybridized carbons (Fsp3) is 1.00. The third-order valence-electron chi connectivity index (χ3n) is 2.58. The highest BCUT2D eigenvalue weighted by atomic mass is 19.3. The van der Waals surface area contributed by atoms with Crippen LogP contribution in [0.15, 0.2) is 0 Å². The number of nitrogens with two attached hydrogens (primary N) is 1. The van der Waals surface area contributed by atoms with Gasteiger partial charge in [-0.2, -0.15) is 0 Å². The van der Waals surface area contributed by atoms with E-state index < -0.39 is 12.3 Å². The van der Waals surface area contributed by atoms with Gasteiger partial charge in [0.1, 0.15) is 0 Å². The molecule has 13 heavy (non-hydrogen) atoms. The third kappa shape index (κ3) is 3.56. The van der Waals surface area contributed by atoms with Gasteiger partial charge in [0.2, 0.25) is 6.43 Å². The summed E-state index contributed by atoms with van der Waals surface area (Å²) in [6.07, 6.45) is 0.340. The first-order chi connectivity index (χ1) is 6.24. The highest BCUT2D eigenvalue weighted by Gasteiger charge is 2.26. The molecule has 0 aliphatic carbocycles. The summed E-state index contributed by atoms with van der Waals surface area (Å²) in [6, 6.07) is 0. The molecule has 1 aliphatic heterocycles. The number of piperidine rings is 1. The SMILES string of the molecule is NCCCN1CCC[C@@H](C(F)F)C1. The first-order valence-corrected chi connectivity index (χ1v) is 4.94. The summed E-state index contributed by atoms with van der Waals surface area (Å²) in [5.74, 6) is -0.411. The highest BCUT2D eigenvalue weighted by molar-refractivity contribution is 4.74. The molecule has 0 amide bonds. The second kappa shape index (κ2) is 5.50. The molecule has 2 nitrogen and oxygen atoms in total. The van der Waals surface area contributed by atoms with Gasteiger partial charge in [-0.1, -0.05) is 0 Å². The molecule has 0 unspecified atom stereocenters. The van der Waals surface area contributed by atoms with Gasteiger partial charge in [0, 0.05) is 12.5 Å². The fourth-order valence-electron chi connectivity index (χ4n) is 1.81. The van der Waals surface area contributed by atoms with E-state index in [0.717, 1.165) is 25.9 Å². The summed E-state index contributed by atoms with van der Waals surface area (Å²) in [4.78, 5) is 2.10. The van der Waals surface area contributed by atoms with Gasteiger partial charge in [-0.25, -0.2) is 8.78 Å². The molecule has 1 saturated heterocycles. The molecule has 0 spiro atoms. The predicted octanol–water partition coefficient (Wildman–Crippen LogP) is 1.31. The molecule has 0 saturated carbocycles. The molecule has 78 valence electrons. The van der Waals surface area contributed by atoms with E-state index in [9.17, 15) is 8.78 Å². The van der Waals surface area contributed by atoms with Gasteiger partial charge < -0.3 is 10.6 Å². The summed E-state index contributed by atoms with van der Waals surface area (Å²) in [5, 5.41) is 0. The number of hydrogen-bond acceptors (Lipinski definition) is 2. The maximum absolute atomic E-state index is 12.4. The Kier molecular flexibility index (Phi) is 4.59. The molecule has 0 bridgehead atoms. The lowest BCUT2D eigenvalue weighted by molar-refractivity contribution is 0.0276. The summed E-state index contributed by atoms with van der Waals surface area (Å²) in [5.41, 5.74) is 5.37. The van der Waals surface area contributed by atoms with Gasteiger partial charge in [-0.05, 0) is 38.9 Å². The van der Waals surface area contributed by atoms with Crippen LogP contribution in [-0.4, -0.2) is 37.5 Å². The molecular formula is C9H18F2N2. The maximum Gasteiger partial charge on any atom is 0.242 e. The van der Waals surface area contributed by atoms with Gasteiger partial charge >= 0.3 is 0 Å².